The summed E-state index contributed by atoms with van der Waals surface area (Å²) in [5.41, 5.74) is 0.526. The van der Waals surface area contributed by atoms with Gasteiger partial charge in [-0.3, -0.25) is 14.5 Å². The number of carbonyl (C=O) groups is 3. The van der Waals surface area contributed by atoms with Gasteiger partial charge in [0, 0.05) is 18.9 Å². The van der Waals surface area contributed by atoms with Crippen molar-refractivity contribution in [3.05, 3.63) is 59.7 Å². The van der Waals surface area contributed by atoms with Crippen molar-refractivity contribution in [2.24, 2.45) is 0 Å². The lowest BCUT2D eigenvalue weighted by Crippen LogP contribution is -2.70. The van der Waals surface area contributed by atoms with E-state index >= 15 is 0 Å². The van der Waals surface area contributed by atoms with Crippen LogP contribution in [0.3, 0.4) is 0 Å². The van der Waals surface area contributed by atoms with Gasteiger partial charge in [-0.2, -0.15) is 0 Å². The molecule has 7 heteroatoms. The van der Waals surface area contributed by atoms with Crippen molar-refractivity contribution in [1.82, 2.24) is 4.90 Å². The highest BCUT2D eigenvalue weighted by Crippen LogP contribution is 2.45. The fourth-order valence-corrected chi connectivity index (χ4v) is 4.42. The molecule has 0 aliphatic carbocycles. The van der Waals surface area contributed by atoms with Crippen LogP contribution in [-0.4, -0.2) is 47.6 Å². The van der Waals surface area contributed by atoms with Gasteiger partial charge in [0.05, 0.1) is 11.3 Å². The smallest absolute Gasteiger partial charge is 0.353 e. The zero-order valence-electron chi connectivity index (χ0n) is 18.0. The molecule has 4 rings (SSSR count). The number of esters is 1. The van der Waals surface area contributed by atoms with Crippen LogP contribution in [-0.2, 0) is 14.3 Å². The second-order valence-electron chi connectivity index (χ2n) is 8.13. The summed E-state index contributed by atoms with van der Waals surface area (Å²) in [7, 11) is 0. The van der Waals surface area contributed by atoms with Crippen LogP contribution < -0.4 is 9.64 Å². The highest BCUT2D eigenvalue weighted by molar-refractivity contribution is 6.15. The first kappa shape index (κ1) is 20.9. The van der Waals surface area contributed by atoms with E-state index in [0.29, 0.717) is 17.0 Å². The molecule has 1 unspecified atom stereocenters. The minimum Gasteiger partial charge on any atom is -0.490 e. The Morgan fingerprint density at radius 1 is 1.06 bits per heavy atom. The zero-order valence-corrected chi connectivity index (χ0v) is 18.0. The topological polar surface area (TPSA) is 76.1 Å². The fraction of sp³-hybridized carbons (Fsp3) is 0.375. The summed E-state index contributed by atoms with van der Waals surface area (Å²) in [5, 5.41) is 0. The molecule has 0 bridgehead atoms. The van der Waals surface area contributed by atoms with E-state index in [0.717, 1.165) is 5.56 Å². The molecule has 2 aromatic rings. The minimum atomic E-state index is -1.47. The van der Waals surface area contributed by atoms with Gasteiger partial charge in [-0.1, -0.05) is 29.8 Å². The van der Waals surface area contributed by atoms with Crippen LogP contribution >= 0.6 is 0 Å². The lowest BCUT2D eigenvalue weighted by atomic mass is 9.95. The summed E-state index contributed by atoms with van der Waals surface area (Å²) in [6.07, 6.45) is 0.363. The number of fused-ring (bicyclic) bond motifs is 3. The number of nitrogens with zero attached hydrogens (tertiary/aromatic N) is 2. The Morgan fingerprint density at radius 2 is 1.77 bits per heavy atom. The molecule has 0 saturated carbocycles. The Labute approximate surface area is 181 Å². The summed E-state index contributed by atoms with van der Waals surface area (Å²) >= 11 is 0. The number of amides is 2. The summed E-state index contributed by atoms with van der Waals surface area (Å²) in [6, 6.07) is 14.2. The number of anilines is 1. The van der Waals surface area contributed by atoms with Gasteiger partial charge in [0.15, 0.2) is 0 Å². The molecule has 2 aromatic carbocycles. The van der Waals surface area contributed by atoms with Crippen molar-refractivity contribution in [3.8, 4) is 5.75 Å². The molecular weight excluding hydrogens is 396 g/mol. The molecule has 1 saturated heterocycles. The van der Waals surface area contributed by atoms with E-state index in [1.807, 2.05) is 45.0 Å². The summed E-state index contributed by atoms with van der Waals surface area (Å²) in [5.74, 6) is -0.395. The predicted molar refractivity (Wildman–Crippen MR) is 115 cm³/mol. The Balaban J connectivity index is 1.58. The first-order valence-electron chi connectivity index (χ1n) is 10.5. The van der Waals surface area contributed by atoms with Crippen LogP contribution in [0, 0.1) is 6.92 Å². The Bertz CT molecular complexity index is 1020. The molecule has 7 nitrogen and oxygen atoms in total. The molecule has 0 aromatic heterocycles. The quantitative estimate of drug-likeness (QED) is 0.527. The first-order chi connectivity index (χ1) is 14.9. The monoisotopic (exact) mass is 422 g/mol. The van der Waals surface area contributed by atoms with E-state index in [1.165, 1.54) is 9.80 Å². The Morgan fingerprint density at radius 3 is 2.48 bits per heavy atom. The third kappa shape index (κ3) is 3.44. The van der Waals surface area contributed by atoms with E-state index in [1.54, 1.807) is 24.3 Å². The maximum Gasteiger partial charge on any atom is 0.353 e. The van der Waals surface area contributed by atoms with Gasteiger partial charge >= 0.3 is 5.97 Å². The molecule has 2 aliphatic rings. The van der Waals surface area contributed by atoms with Crippen LogP contribution in [0.1, 0.15) is 42.6 Å². The number of aryl methyl sites for hydroxylation is 1. The molecule has 2 heterocycles. The molecule has 162 valence electrons. The van der Waals surface area contributed by atoms with Crippen molar-refractivity contribution >= 4 is 23.5 Å². The van der Waals surface area contributed by atoms with E-state index < -0.39 is 11.6 Å². The lowest BCUT2D eigenvalue weighted by molar-refractivity contribution is -0.159. The molecule has 1 fully saturated rings. The SMILES string of the molecule is Cc1ccc(OCCOC(=O)C23CCC(=O)N2c2ccccc2C(=O)N3C(C)C)cc1. The van der Waals surface area contributed by atoms with Crippen molar-refractivity contribution in [3.63, 3.8) is 0 Å². The average Bonchev–Trinajstić information content (AvgIpc) is 3.10. The number of carbonyl (C=O) groups excluding carboxylic acids is 3. The normalized spacial score (nSPS) is 20.0. The van der Waals surface area contributed by atoms with Gasteiger partial charge in [0.2, 0.25) is 11.6 Å². The number of rotatable bonds is 6. The molecule has 0 spiro atoms. The third-order valence-corrected chi connectivity index (χ3v) is 5.75. The summed E-state index contributed by atoms with van der Waals surface area (Å²) in [6.45, 7) is 5.84. The number of hydrogen-bond donors (Lipinski definition) is 0. The highest BCUT2D eigenvalue weighted by Gasteiger charge is 2.62. The van der Waals surface area contributed by atoms with Crippen molar-refractivity contribution < 1.29 is 23.9 Å². The predicted octanol–water partition coefficient (Wildman–Crippen LogP) is 3.30. The molecular formula is C24H26N2O5. The first-order valence-corrected chi connectivity index (χ1v) is 10.5. The van der Waals surface area contributed by atoms with E-state index in [9.17, 15) is 14.4 Å². The van der Waals surface area contributed by atoms with Gasteiger partial charge < -0.3 is 14.4 Å². The van der Waals surface area contributed by atoms with Crippen LogP contribution in [0.4, 0.5) is 5.69 Å². The van der Waals surface area contributed by atoms with Crippen molar-refractivity contribution in [2.75, 3.05) is 18.1 Å². The number of hydrogen-bond acceptors (Lipinski definition) is 5. The van der Waals surface area contributed by atoms with Crippen LogP contribution in [0.2, 0.25) is 0 Å². The standard InChI is InChI=1S/C24H26N2O5/c1-16(2)25-22(28)19-6-4-5-7-20(19)26-21(27)12-13-24(25,26)23(29)31-15-14-30-18-10-8-17(3)9-11-18/h4-11,16H,12-15H2,1-3H3. The molecule has 0 N–H and O–H groups in total. The lowest BCUT2D eigenvalue weighted by Gasteiger charge is -2.50. The number of benzene rings is 2. The maximum atomic E-state index is 13.4. The molecule has 2 amide bonds. The van der Waals surface area contributed by atoms with Gasteiger partial charge in [0.25, 0.3) is 5.91 Å². The van der Waals surface area contributed by atoms with Gasteiger partial charge in [-0.05, 0) is 45.0 Å². The highest BCUT2D eigenvalue weighted by atomic mass is 16.6. The van der Waals surface area contributed by atoms with Crippen LogP contribution in [0.15, 0.2) is 48.5 Å². The van der Waals surface area contributed by atoms with Gasteiger partial charge in [-0.25, -0.2) is 4.79 Å². The van der Waals surface area contributed by atoms with Gasteiger partial charge in [-0.15, -0.1) is 0 Å². The average molecular weight is 422 g/mol. The molecule has 1 atom stereocenters. The van der Waals surface area contributed by atoms with Crippen molar-refractivity contribution in [2.45, 2.75) is 45.3 Å². The zero-order chi connectivity index (χ0) is 22.2. The maximum absolute atomic E-state index is 13.4. The minimum absolute atomic E-state index is 0.0122. The van der Waals surface area contributed by atoms with Crippen LogP contribution in [0.25, 0.3) is 0 Å². The van der Waals surface area contributed by atoms with Crippen molar-refractivity contribution in [1.29, 1.82) is 0 Å². The van der Waals surface area contributed by atoms with Crippen LogP contribution in [0.5, 0.6) is 5.75 Å². The number of para-hydroxylation sites is 1. The molecule has 2 aliphatic heterocycles. The number of ether oxygens (including phenoxy) is 2. The summed E-state index contributed by atoms with van der Waals surface area (Å²) in [4.78, 5) is 42.5. The fourth-order valence-electron chi connectivity index (χ4n) is 4.42. The summed E-state index contributed by atoms with van der Waals surface area (Å²) < 4.78 is 11.2. The Kier molecular flexibility index (Phi) is 5.43. The van der Waals surface area contributed by atoms with E-state index in [2.05, 4.69) is 0 Å². The Hall–Kier alpha value is -3.35. The molecule has 0 radical (unpaired) electrons. The largest absolute Gasteiger partial charge is 0.490 e. The van der Waals surface area contributed by atoms with E-state index in [4.69, 9.17) is 9.47 Å². The second-order valence-corrected chi connectivity index (χ2v) is 8.13. The van der Waals surface area contributed by atoms with Gasteiger partial charge in [0.1, 0.15) is 19.0 Å². The second kappa shape index (κ2) is 8.06. The molecule has 31 heavy (non-hydrogen) atoms. The van der Waals surface area contributed by atoms with E-state index in [-0.39, 0.29) is 43.9 Å². The third-order valence-electron chi connectivity index (χ3n) is 5.75.